The van der Waals surface area contributed by atoms with Gasteiger partial charge in [-0.2, -0.15) is 0 Å². The van der Waals surface area contributed by atoms with Gasteiger partial charge in [0.05, 0.1) is 0 Å². The highest BCUT2D eigenvalue weighted by atomic mass is 15.2. The summed E-state index contributed by atoms with van der Waals surface area (Å²) in [4.78, 5) is 2.59. The van der Waals surface area contributed by atoms with E-state index in [9.17, 15) is 0 Å². The maximum atomic E-state index is 3.60. The fourth-order valence-electron chi connectivity index (χ4n) is 2.26. The Balaban J connectivity index is 2.64. The second-order valence-corrected chi connectivity index (χ2v) is 5.72. The fourth-order valence-corrected chi connectivity index (χ4v) is 2.26. The van der Waals surface area contributed by atoms with Gasteiger partial charge >= 0.3 is 0 Å². The van der Waals surface area contributed by atoms with Gasteiger partial charge in [0.1, 0.15) is 0 Å². The van der Waals surface area contributed by atoms with Crippen LogP contribution in [0.15, 0.2) is 23.8 Å². The molecule has 1 saturated heterocycles. The molecule has 1 N–H and O–H groups in total. The van der Waals surface area contributed by atoms with Crippen LogP contribution in [0.4, 0.5) is 0 Å². The van der Waals surface area contributed by atoms with Crippen molar-refractivity contribution < 1.29 is 0 Å². The number of nitrogens with one attached hydrogen (secondary N) is 1. The van der Waals surface area contributed by atoms with Crippen LogP contribution in [0.25, 0.3) is 0 Å². The Hall–Kier alpha value is -0.600. The van der Waals surface area contributed by atoms with Crippen LogP contribution in [0, 0.1) is 0 Å². The molecular formula is C15H28N2. The van der Waals surface area contributed by atoms with Gasteiger partial charge < -0.3 is 5.32 Å². The van der Waals surface area contributed by atoms with Crippen molar-refractivity contribution in [3.8, 4) is 0 Å². The minimum Gasteiger partial charge on any atom is -0.309 e. The lowest BCUT2D eigenvalue weighted by Crippen LogP contribution is -2.60. The molecule has 1 heterocycles. The summed E-state index contributed by atoms with van der Waals surface area (Å²) in [6.07, 6.45) is 7.65. The van der Waals surface area contributed by atoms with E-state index >= 15 is 0 Å². The largest absolute Gasteiger partial charge is 0.309 e. The second kappa shape index (κ2) is 6.36. The van der Waals surface area contributed by atoms with Gasteiger partial charge in [-0.15, -0.1) is 0 Å². The molecule has 1 unspecified atom stereocenters. The molecule has 0 aromatic rings. The lowest BCUT2D eigenvalue weighted by Gasteiger charge is -2.43. The molecular weight excluding hydrogens is 208 g/mol. The molecule has 1 fully saturated rings. The molecule has 0 bridgehead atoms. The quantitative estimate of drug-likeness (QED) is 0.755. The number of rotatable bonds is 4. The highest BCUT2D eigenvalue weighted by molar-refractivity contribution is 5.14. The van der Waals surface area contributed by atoms with E-state index in [0.29, 0.717) is 6.04 Å². The summed E-state index contributed by atoms with van der Waals surface area (Å²) in [5.74, 6) is 0. The molecule has 17 heavy (non-hydrogen) atoms. The van der Waals surface area contributed by atoms with Crippen molar-refractivity contribution in [3.63, 3.8) is 0 Å². The van der Waals surface area contributed by atoms with E-state index in [0.717, 1.165) is 26.1 Å². The van der Waals surface area contributed by atoms with Crippen LogP contribution in [0.5, 0.6) is 0 Å². The molecule has 0 saturated carbocycles. The standard InChI is InChI=1S/C15H28N2/c1-6-8-9-14(7-2)11-17-12-15(4,5)16-10-13(17)3/h6,8-9,13,16H,7,10-12H2,1-5H3/b8-6-,14-9+. The molecule has 0 aliphatic carbocycles. The molecule has 1 atom stereocenters. The predicted octanol–water partition coefficient (Wildman–Crippen LogP) is 2.97. The Kier molecular flexibility index (Phi) is 5.41. The molecule has 0 aromatic carbocycles. The highest BCUT2D eigenvalue weighted by Gasteiger charge is 2.29. The third-order valence-electron chi connectivity index (χ3n) is 3.48. The number of piperazine rings is 1. The van der Waals surface area contributed by atoms with E-state index in [1.807, 2.05) is 0 Å². The monoisotopic (exact) mass is 236 g/mol. The van der Waals surface area contributed by atoms with E-state index in [2.05, 4.69) is 63.1 Å². The molecule has 2 nitrogen and oxygen atoms in total. The number of nitrogens with zero attached hydrogens (tertiary/aromatic N) is 1. The number of hydrogen-bond acceptors (Lipinski definition) is 2. The van der Waals surface area contributed by atoms with Crippen LogP contribution in [0.1, 0.15) is 41.0 Å². The van der Waals surface area contributed by atoms with Gasteiger partial charge in [-0.3, -0.25) is 4.90 Å². The smallest absolute Gasteiger partial charge is 0.0253 e. The molecule has 0 spiro atoms. The molecule has 1 aliphatic rings. The molecule has 1 aliphatic heterocycles. The summed E-state index contributed by atoms with van der Waals surface area (Å²) >= 11 is 0. The van der Waals surface area contributed by atoms with E-state index in [-0.39, 0.29) is 5.54 Å². The van der Waals surface area contributed by atoms with Gasteiger partial charge in [-0.25, -0.2) is 0 Å². The molecule has 98 valence electrons. The van der Waals surface area contributed by atoms with Gasteiger partial charge in [0.15, 0.2) is 0 Å². The maximum Gasteiger partial charge on any atom is 0.0253 e. The first kappa shape index (κ1) is 14.5. The topological polar surface area (TPSA) is 15.3 Å². The average Bonchev–Trinajstić information content (AvgIpc) is 2.28. The highest BCUT2D eigenvalue weighted by Crippen LogP contribution is 2.17. The first-order valence-electron chi connectivity index (χ1n) is 6.78. The minimum absolute atomic E-state index is 0.242. The van der Waals surface area contributed by atoms with Crippen molar-refractivity contribution >= 4 is 0 Å². The Labute approximate surface area is 107 Å². The lowest BCUT2D eigenvalue weighted by atomic mass is 9.98. The zero-order chi connectivity index (χ0) is 12.9. The Morgan fingerprint density at radius 1 is 1.47 bits per heavy atom. The Bertz CT molecular complexity index is 289. The van der Waals surface area contributed by atoms with Crippen LogP contribution in [0.2, 0.25) is 0 Å². The zero-order valence-electron chi connectivity index (χ0n) is 12.1. The molecule has 0 amide bonds. The second-order valence-electron chi connectivity index (χ2n) is 5.72. The van der Waals surface area contributed by atoms with Gasteiger partial charge in [-0.1, -0.05) is 30.7 Å². The first-order chi connectivity index (χ1) is 7.98. The SMILES string of the molecule is C/C=C\C=C(/CC)CN1CC(C)(C)NCC1C. The molecule has 0 aromatic heterocycles. The molecule has 1 rings (SSSR count). The van der Waals surface area contributed by atoms with Crippen molar-refractivity contribution in [1.29, 1.82) is 0 Å². The summed E-state index contributed by atoms with van der Waals surface area (Å²) < 4.78 is 0. The van der Waals surface area contributed by atoms with Crippen molar-refractivity contribution in [3.05, 3.63) is 23.8 Å². The van der Waals surface area contributed by atoms with Gasteiger partial charge in [-0.05, 0) is 34.1 Å². The van der Waals surface area contributed by atoms with Crippen molar-refractivity contribution in [2.24, 2.45) is 0 Å². The molecule has 0 radical (unpaired) electrons. The van der Waals surface area contributed by atoms with E-state index in [4.69, 9.17) is 0 Å². The summed E-state index contributed by atoms with van der Waals surface area (Å²) in [5.41, 5.74) is 1.76. The van der Waals surface area contributed by atoms with Crippen LogP contribution in [-0.2, 0) is 0 Å². The van der Waals surface area contributed by atoms with Crippen LogP contribution < -0.4 is 5.32 Å². The fraction of sp³-hybridized carbons (Fsp3) is 0.733. The Morgan fingerprint density at radius 2 is 2.18 bits per heavy atom. The van der Waals surface area contributed by atoms with Crippen molar-refractivity contribution in [2.45, 2.75) is 52.6 Å². The van der Waals surface area contributed by atoms with Gasteiger partial charge in [0.2, 0.25) is 0 Å². The average molecular weight is 236 g/mol. The van der Waals surface area contributed by atoms with Crippen LogP contribution in [0.3, 0.4) is 0 Å². The number of allylic oxidation sites excluding steroid dienone is 3. The first-order valence-corrected chi connectivity index (χ1v) is 6.78. The molecule has 2 heteroatoms. The van der Waals surface area contributed by atoms with E-state index < -0.39 is 0 Å². The summed E-state index contributed by atoms with van der Waals surface area (Å²) in [6.45, 7) is 14.5. The van der Waals surface area contributed by atoms with Crippen LogP contribution >= 0.6 is 0 Å². The van der Waals surface area contributed by atoms with Gasteiger partial charge in [0, 0.05) is 31.2 Å². The third kappa shape index (κ3) is 4.64. The number of hydrogen-bond donors (Lipinski definition) is 1. The lowest BCUT2D eigenvalue weighted by molar-refractivity contribution is 0.114. The minimum atomic E-state index is 0.242. The Morgan fingerprint density at radius 3 is 2.76 bits per heavy atom. The van der Waals surface area contributed by atoms with Crippen LogP contribution in [-0.4, -0.2) is 36.1 Å². The van der Waals surface area contributed by atoms with E-state index in [1.165, 1.54) is 5.57 Å². The third-order valence-corrected chi connectivity index (χ3v) is 3.48. The maximum absolute atomic E-state index is 3.60. The summed E-state index contributed by atoms with van der Waals surface area (Å²) in [6, 6.07) is 0.628. The normalized spacial score (nSPS) is 26.6. The summed E-state index contributed by atoms with van der Waals surface area (Å²) in [7, 11) is 0. The van der Waals surface area contributed by atoms with E-state index in [1.54, 1.807) is 0 Å². The van der Waals surface area contributed by atoms with Crippen molar-refractivity contribution in [1.82, 2.24) is 10.2 Å². The zero-order valence-corrected chi connectivity index (χ0v) is 12.1. The summed E-state index contributed by atoms with van der Waals surface area (Å²) in [5, 5.41) is 3.60. The predicted molar refractivity (Wildman–Crippen MR) is 76.3 cm³/mol. The van der Waals surface area contributed by atoms with Crippen molar-refractivity contribution in [2.75, 3.05) is 19.6 Å². The van der Waals surface area contributed by atoms with Gasteiger partial charge in [0.25, 0.3) is 0 Å².